The molecule has 2 bridgehead atoms. The van der Waals surface area contributed by atoms with Crippen molar-refractivity contribution < 1.29 is 64.6 Å². The zero-order chi connectivity index (χ0) is 32.7. The van der Waals surface area contributed by atoms with Crippen LogP contribution in [0.5, 0.6) is 0 Å². The fraction of sp³-hybridized carbons (Fsp3) is 0.906. The van der Waals surface area contributed by atoms with E-state index < -0.39 is 91.6 Å². The van der Waals surface area contributed by atoms with Crippen LogP contribution >= 0.6 is 0 Å². The summed E-state index contributed by atoms with van der Waals surface area (Å²) < 4.78 is 24.1. The molecule has 13 heteroatoms. The Morgan fingerprint density at radius 3 is 2.11 bits per heavy atom. The predicted octanol–water partition coefficient (Wildman–Crippen LogP) is -0.197. The molecule has 0 aromatic carbocycles. The average Bonchev–Trinajstić information content (AvgIpc) is 3.19. The lowest BCUT2D eigenvalue weighted by Gasteiger charge is -2.64. The maximum atomic E-state index is 12.5. The Balaban J connectivity index is 1.26. The van der Waals surface area contributed by atoms with Gasteiger partial charge >= 0.3 is 5.97 Å². The van der Waals surface area contributed by atoms with Gasteiger partial charge in [-0.05, 0) is 86.5 Å². The second-order valence-electron chi connectivity index (χ2n) is 15.2. The van der Waals surface area contributed by atoms with Crippen LogP contribution in [0.15, 0.2) is 12.2 Å². The predicted molar refractivity (Wildman–Crippen MR) is 154 cm³/mol. The van der Waals surface area contributed by atoms with Crippen molar-refractivity contribution in [3.63, 3.8) is 0 Å². The Hall–Kier alpha value is -1.23. The van der Waals surface area contributed by atoms with Crippen LogP contribution in [0.2, 0.25) is 0 Å². The first-order valence-electron chi connectivity index (χ1n) is 16.3. The van der Waals surface area contributed by atoms with Crippen molar-refractivity contribution in [3.8, 4) is 0 Å². The first kappa shape index (κ1) is 33.7. The molecule has 6 aliphatic rings. The summed E-state index contributed by atoms with van der Waals surface area (Å²) in [6.45, 7) is 7.33. The van der Waals surface area contributed by atoms with E-state index in [0.717, 1.165) is 37.7 Å². The quantitative estimate of drug-likeness (QED) is 0.134. The number of carbonyl (C=O) groups is 1. The maximum absolute atomic E-state index is 12.5. The highest BCUT2D eigenvalue weighted by Crippen LogP contribution is 2.73. The molecule has 6 rings (SSSR count). The zero-order valence-electron chi connectivity index (χ0n) is 26.0. The molecule has 0 amide bonds. The molecule has 13 nitrogen and oxygen atoms in total. The van der Waals surface area contributed by atoms with E-state index in [0.29, 0.717) is 25.7 Å². The molecule has 8 unspecified atom stereocenters. The number of hydrogen-bond donors (Lipinski definition) is 8. The van der Waals surface area contributed by atoms with Crippen molar-refractivity contribution in [1.29, 1.82) is 0 Å². The smallest absolute Gasteiger partial charge is 0.309 e. The van der Waals surface area contributed by atoms with Crippen molar-refractivity contribution in [3.05, 3.63) is 12.2 Å². The number of aliphatic hydroxyl groups is 7. The van der Waals surface area contributed by atoms with Gasteiger partial charge < -0.3 is 59.8 Å². The highest BCUT2D eigenvalue weighted by Gasteiger charge is 2.69. The largest absolute Gasteiger partial charge is 0.481 e. The number of hydrogen-bond acceptors (Lipinski definition) is 12. The number of ether oxygens (including phenoxy) is 4. The SMILES string of the molecule is C=C1C[C@@]23CC[C@H]4[C@@](C)(CCC[C@@]4(C)C(=O)O)[C@@H]2CC[C@]1(O[C@@H]1OC(CO)C(O)C(O)C1O[C@@H]1OC(CO)C(O)C(O)C1O)C3. The van der Waals surface area contributed by atoms with E-state index in [1.807, 2.05) is 6.92 Å². The summed E-state index contributed by atoms with van der Waals surface area (Å²) in [4.78, 5) is 12.5. The summed E-state index contributed by atoms with van der Waals surface area (Å²) in [5, 5.41) is 82.8. The van der Waals surface area contributed by atoms with Crippen LogP contribution in [-0.2, 0) is 23.7 Å². The van der Waals surface area contributed by atoms with Gasteiger partial charge in [0.15, 0.2) is 12.6 Å². The number of fused-ring (bicyclic) bond motifs is 3. The first-order chi connectivity index (χ1) is 21.2. The highest BCUT2D eigenvalue weighted by atomic mass is 16.8. The fourth-order valence-corrected chi connectivity index (χ4v) is 10.6. The van der Waals surface area contributed by atoms with Crippen molar-refractivity contribution in [2.75, 3.05) is 13.2 Å². The fourth-order valence-electron chi connectivity index (χ4n) is 10.6. The van der Waals surface area contributed by atoms with Crippen LogP contribution in [0.3, 0.4) is 0 Å². The van der Waals surface area contributed by atoms with E-state index in [2.05, 4.69) is 13.5 Å². The van der Waals surface area contributed by atoms with Crippen LogP contribution in [0.1, 0.15) is 71.6 Å². The third-order valence-electron chi connectivity index (χ3n) is 12.9. The summed E-state index contributed by atoms with van der Waals surface area (Å²) in [5.41, 5.74) is -1.10. The number of carboxylic acids is 1. The Labute approximate surface area is 262 Å². The standard InChI is InChI=1S/C32H50O13/c1-15-11-31-9-5-18-29(2,7-4-8-30(18,3)28(40)41)19(31)6-10-32(15,14-31)45-27-25(23(38)21(36)17(13-34)43-27)44-26-24(39)22(37)20(35)16(12-33)42-26/h16-27,33-39H,1,4-14H2,2-3H3,(H,40,41)/t16?,17?,18-,19-,20?,21?,22?,23?,24?,25?,26-,27-,29+,30+,31+,32-/m0/s1. The second-order valence-corrected chi connectivity index (χ2v) is 15.2. The van der Waals surface area contributed by atoms with Crippen molar-refractivity contribution in [2.24, 2.45) is 28.1 Å². The topological polar surface area (TPSA) is 216 Å². The lowest BCUT2D eigenvalue weighted by atomic mass is 9.41. The van der Waals surface area contributed by atoms with Crippen molar-refractivity contribution in [2.45, 2.75) is 139 Å². The van der Waals surface area contributed by atoms with Crippen molar-refractivity contribution >= 4 is 5.97 Å². The first-order valence-corrected chi connectivity index (χ1v) is 16.3. The molecule has 2 heterocycles. The molecule has 2 aliphatic heterocycles. The molecular formula is C32H50O13. The van der Waals surface area contributed by atoms with Crippen LogP contribution in [-0.4, -0.2) is 127 Å². The molecule has 0 radical (unpaired) electrons. The van der Waals surface area contributed by atoms with Crippen LogP contribution in [0, 0.1) is 28.1 Å². The van der Waals surface area contributed by atoms with Gasteiger partial charge in [-0.2, -0.15) is 0 Å². The molecule has 45 heavy (non-hydrogen) atoms. The van der Waals surface area contributed by atoms with E-state index in [4.69, 9.17) is 18.9 Å². The third kappa shape index (κ3) is 5.04. The van der Waals surface area contributed by atoms with E-state index in [9.17, 15) is 45.6 Å². The molecule has 6 fully saturated rings. The third-order valence-corrected chi connectivity index (χ3v) is 12.9. The van der Waals surface area contributed by atoms with Gasteiger partial charge in [-0.1, -0.05) is 19.9 Å². The molecule has 2 saturated heterocycles. The van der Waals surface area contributed by atoms with Crippen LogP contribution in [0.4, 0.5) is 0 Å². The summed E-state index contributed by atoms with van der Waals surface area (Å²) in [6.07, 6.45) is -8.44. The van der Waals surface area contributed by atoms with E-state index >= 15 is 0 Å². The second kappa shape index (κ2) is 11.7. The molecule has 8 N–H and O–H groups in total. The maximum Gasteiger partial charge on any atom is 0.309 e. The average molecular weight is 643 g/mol. The Bertz CT molecular complexity index is 1150. The Morgan fingerprint density at radius 2 is 1.47 bits per heavy atom. The lowest BCUT2D eigenvalue weighted by molar-refractivity contribution is -0.378. The molecule has 4 aliphatic carbocycles. The van der Waals surface area contributed by atoms with Gasteiger partial charge in [0.2, 0.25) is 0 Å². The van der Waals surface area contributed by atoms with E-state index in [-0.39, 0.29) is 22.7 Å². The van der Waals surface area contributed by atoms with Crippen LogP contribution < -0.4 is 0 Å². The number of aliphatic carboxylic acids is 1. The van der Waals surface area contributed by atoms with E-state index in [1.165, 1.54) is 0 Å². The monoisotopic (exact) mass is 642 g/mol. The van der Waals surface area contributed by atoms with E-state index in [1.54, 1.807) is 0 Å². The molecule has 4 saturated carbocycles. The van der Waals surface area contributed by atoms with Gasteiger partial charge in [-0.3, -0.25) is 4.79 Å². The zero-order valence-corrected chi connectivity index (χ0v) is 26.0. The minimum absolute atomic E-state index is 0.0640. The highest BCUT2D eigenvalue weighted by molar-refractivity contribution is 5.75. The minimum Gasteiger partial charge on any atom is -0.481 e. The molecular weight excluding hydrogens is 592 g/mol. The molecule has 0 aromatic heterocycles. The summed E-state index contributed by atoms with van der Waals surface area (Å²) in [6, 6.07) is 0. The minimum atomic E-state index is -1.76. The van der Waals surface area contributed by atoms with Gasteiger partial charge in [-0.15, -0.1) is 0 Å². The normalized spacial score (nSPS) is 54.7. The lowest BCUT2D eigenvalue weighted by Crippen LogP contribution is -2.65. The van der Waals surface area contributed by atoms with Gasteiger partial charge in [0.25, 0.3) is 0 Å². The Morgan fingerprint density at radius 1 is 0.844 bits per heavy atom. The van der Waals surface area contributed by atoms with Crippen molar-refractivity contribution in [1.82, 2.24) is 0 Å². The number of carboxylic acid groups (broad SMARTS) is 1. The summed E-state index contributed by atoms with van der Waals surface area (Å²) >= 11 is 0. The summed E-state index contributed by atoms with van der Waals surface area (Å²) in [7, 11) is 0. The van der Waals surface area contributed by atoms with Crippen LogP contribution in [0.25, 0.3) is 0 Å². The number of aliphatic hydroxyl groups excluding tert-OH is 7. The molecule has 16 atom stereocenters. The summed E-state index contributed by atoms with van der Waals surface area (Å²) in [5.74, 6) is -0.392. The Kier molecular flexibility index (Phi) is 8.77. The molecule has 0 aromatic rings. The van der Waals surface area contributed by atoms with Gasteiger partial charge in [-0.25, -0.2) is 0 Å². The van der Waals surface area contributed by atoms with Gasteiger partial charge in [0.1, 0.15) is 48.8 Å². The molecule has 1 spiro atoms. The van der Waals surface area contributed by atoms with Gasteiger partial charge in [0.05, 0.1) is 24.2 Å². The molecule has 256 valence electrons. The number of rotatable bonds is 7. The van der Waals surface area contributed by atoms with Gasteiger partial charge in [0, 0.05) is 0 Å².